The summed E-state index contributed by atoms with van der Waals surface area (Å²) in [6.07, 6.45) is -0.825. The maximum Gasteiger partial charge on any atom is 0.376 e. The standard InChI is InChI=1S/C12H13ClF2O3/c1-17-11(16)12(14,15)7-9(13)8-18-10-5-3-2-4-6-10/h2-6,9H,7-8H2,1H3. The predicted molar refractivity (Wildman–Crippen MR) is 63.2 cm³/mol. The van der Waals surface area contributed by atoms with Gasteiger partial charge in [-0.15, -0.1) is 11.6 Å². The van der Waals surface area contributed by atoms with Crippen LogP contribution < -0.4 is 4.74 Å². The molecule has 0 saturated carbocycles. The van der Waals surface area contributed by atoms with Crippen LogP contribution in [0.25, 0.3) is 0 Å². The Balaban J connectivity index is 2.42. The fraction of sp³-hybridized carbons (Fsp3) is 0.417. The number of halogens is 3. The first-order valence-corrected chi connectivity index (χ1v) is 5.67. The summed E-state index contributed by atoms with van der Waals surface area (Å²) in [5.41, 5.74) is 0. The minimum atomic E-state index is -3.60. The highest BCUT2D eigenvalue weighted by Crippen LogP contribution is 2.25. The van der Waals surface area contributed by atoms with E-state index in [9.17, 15) is 13.6 Å². The summed E-state index contributed by atoms with van der Waals surface area (Å²) in [7, 11) is 0.903. The average Bonchev–Trinajstić information content (AvgIpc) is 2.36. The predicted octanol–water partition coefficient (Wildman–Crippen LogP) is 2.87. The number of ether oxygens (including phenoxy) is 2. The maximum atomic E-state index is 13.2. The van der Waals surface area contributed by atoms with Gasteiger partial charge >= 0.3 is 11.9 Å². The number of carbonyl (C=O) groups is 1. The second-order valence-electron chi connectivity index (χ2n) is 3.62. The first-order valence-electron chi connectivity index (χ1n) is 5.24. The van der Waals surface area contributed by atoms with Crippen LogP contribution in [0.3, 0.4) is 0 Å². The highest BCUT2D eigenvalue weighted by Gasteiger charge is 2.42. The van der Waals surface area contributed by atoms with Gasteiger partial charge in [-0.3, -0.25) is 0 Å². The molecule has 0 aromatic heterocycles. The first-order chi connectivity index (χ1) is 8.45. The number of para-hydroxylation sites is 1. The summed E-state index contributed by atoms with van der Waals surface area (Å²) in [4.78, 5) is 10.8. The third kappa shape index (κ3) is 4.49. The van der Waals surface area contributed by atoms with Crippen molar-refractivity contribution in [1.29, 1.82) is 0 Å². The van der Waals surface area contributed by atoms with Crippen molar-refractivity contribution in [3.63, 3.8) is 0 Å². The van der Waals surface area contributed by atoms with Crippen molar-refractivity contribution in [3.05, 3.63) is 30.3 Å². The van der Waals surface area contributed by atoms with Crippen molar-refractivity contribution in [1.82, 2.24) is 0 Å². The van der Waals surface area contributed by atoms with E-state index < -0.39 is 23.7 Å². The lowest BCUT2D eigenvalue weighted by Gasteiger charge is -2.17. The molecule has 1 unspecified atom stereocenters. The smallest absolute Gasteiger partial charge is 0.376 e. The maximum absolute atomic E-state index is 13.2. The second-order valence-corrected chi connectivity index (χ2v) is 4.24. The number of benzene rings is 1. The van der Waals surface area contributed by atoms with Crippen molar-refractivity contribution in [3.8, 4) is 5.75 Å². The molecule has 6 heteroatoms. The molecule has 0 radical (unpaired) electrons. The molecule has 3 nitrogen and oxygen atoms in total. The van der Waals surface area contributed by atoms with Crippen molar-refractivity contribution in [2.75, 3.05) is 13.7 Å². The van der Waals surface area contributed by atoms with Crippen LogP contribution in [-0.4, -0.2) is 31.0 Å². The van der Waals surface area contributed by atoms with E-state index in [1.807, 2.05) is 0 Å². The molecule has 0 spiro atoms. The molecule has 0 aliphatic heterocycles. The molecule has 1 aromatic carbocycles. The molecule has 0 bridgehead atoms. The van der Waals surface area contributed by atoms with Crippen molar-refractivity contribution >= 4 is 17.6 Å². The quantitative estimate of drug-likeness (QED) is 0.593. The minimum Gasteiger partial charge on any atom is -0.492 e. The highest BCUT2D eigenvalue weighted by molar-refractivity contribution is 6.20. The summed E-state index contributed by atoms with van der Waals surface area (Å²) < 4.78 is 35.6. The van der Waals surface area contributed by atoms with Crippen LogP contribution in [0.2, 0.25) is 0 Å². The van der Waals surface area contributed by atoms with Gasteiger partial charge in [-0.2, -0.15) is 8.78 Å². The summed E-state index contributed by atoms with van der Waals surface area (Å²) in [5.74, 6) is -4.65. The Morgan fingerprint density at radius 3 is 2.56 bits per heavy atom. The summed E-state index contributed by atoms with van der Waals surface area (Å²) >= 11 is 5.70. The van der Waals surface area contributed by atoms with Gasteiger partial charge in [-0.25, -0.2) is 4.79 Å². The highest BCUT2D eigenvalue weighted by atomic mass is 35.5. The van der Waals surface area contributed by atoms with Crippen LogP contribution >= 0.6 is 11.6 Å². The molecule has 0 N–H and O–H groups in total. The van der Waals surface area contributed by atoms with Crippen LogP contribution in [0.1, 0.15) is 6.42 Å². The fourth-order valence-electron chi connectivity index (χ4n) is 1.27. The molecule has 18 heavy (non-hydrogen) atoms. The van der Waals surface area contributed by atoms with E-state index in [0.717, 1.165) is 7.11 Å². The van der Waals surface area contributed by atoms with Crippen LogP contribution in [0, 0.1) is 0 Å². The Hall–Kier alpha value is -1.36. The van der Waals surface area contributed by atoms with E-state index in [0.29, 0.717) is 5.75 Å². The van der Waals surface area contributed by atoms with Crippen LogP contribution in [0.5, 0.6) is 5.75 Å². The zero-order chi connectivity index (χ0) is 13.6. The van der Waals surface area contributed by atoms with Gasteiger partial charge in [-0.1, -0.05) is 18.2 Å². The Morgan fingerprint density at radius 2 is 2.00 bits per heavy atom. The summed E-state index contributed by atoms with van der Waals surface area (Å²) in [6, 6.07) is 8.67. The summed E-state index contributed by atoms with van der Waals surface area (Å²) in [5, 5.41) is -0.987. The topological polar surface area (TPSA) is 35.5 Å². The van der Waals surface area contributed by atoms with Gasteiger partial charge in [0.1, 0.15) is 12.4 Å². The lowest BCUT2D eigenvalue weighted by Crippen LogP contribution is -2.34. The Kier molecular flexibility index (Phi) is 5.34. The molecule has 1 rings (SSSR count). The minimum absolute atomic E-state index is 0.113. The molecule has 0 aliphatic carbocycles. The van der Waals surface area contributed by atoms with E-state index in [1.165, 1.54) is 0 Å². The van der Waals surface area contributed by atoms with Gasteiger partial charge in [0.05, 0.1) is 12.5 Å². The molecule has 0 saturated heterocycles. The van der Waals surface area contributed by atoms with E-state index in [4.69, 9.17) is 16.3 Å². The zero-order valence-electron chi connectivity index (χ0n) is 9.74. The largest absolute Gasteiger partial charge is 0.492 e. The lowest BCUT2D eigenvalue weighted by molar-refractivity contribution is -0.169. The zero-order valence-corrected chi connectivity index (χ0v) is 10.5. The van der Waals surface area contributed by atoms with Crippen molar-refractivity contribution in [2.24, 2.45) is 0 Å². The monoisotopic (exact) mass is 278 g/mol. The van der Waals surface area contributed by atoms with E-state index in [2.05, 4.69) is 4.74 Å². The molecule has 1 atom stereocenters. The molecule has 100 valence electrons. The third-order valence-electron chi connectivity index (χ3n) is 2.14. The fourth-order valence-corrected chi connectivity index (χ4v) is 1.53. The van der Waals surface area contributed by atoms with E-state index >= 15 is 0 Å². The van der Waals surface area contributed by atoms with E-state index in [1.54, 1.807) is 30.3 Å². The third-order valence-corrected chi connectivity index (χ3v) is 2.42. The number of rotatable bonds is 6. The number of carbonyl (C=O) groups excluding carboxylic acids is 1. The summed E-state index contributed by atoms with van der Waals surface area (Å²) in [6.45, 7) is -0.113. The van der Waals surface area contributed by atoms with Gasteiger partial charge < -0.3 is 9.47 Å². The lowest BCUT2D eigenvalue weighted by atomic mass is 10.2. The van der Waals surface area contributed by atoms with Crippen LogP contribution in [0.15, 0.2) is 30.3 Å². The molecule has 0 heterocycles. The normalized spacial score (nSPS) is 12.9. The van der Waals surface area contributed by atoms with Crippen molar-refractivity contribution < 1.29 is 23.0 Å². The molecule has 1 aromatic rings. The molecular formula is C12H13ClF2O3. The number of alkyl halides is 3. The molecule has 0 aliphatic rings. The average molecular weight is 279 g/mol. The van der Waals surface area contributed by atoms with E-state index in [-0.39, 0.29) is 6.61 Å². The Labute approximate surface area is 109 Å². The number of hydrogen-bond donors (Lipinski definition) is 0. The van der Waals surface area contributed by atoms with Crippen LogP contribution in [0.4, 0.5) is 8.78 Å². The second kappa shape index (κ2) is 6.54. The SMILES string of the molecule is COC(=O)C(F)(F)CC(Cl)COc1ccccc1. The molecule has 0 amide bonds. The number of hydrogen-bond acceptors (Lipinski definition) is 3. The molecule has 0 fully saturated rings. The van der Waals surface area contributed by atoms with Gasteiger partial charge in [-0.05, 0) is 12.1 Å². The number of esters is 1. The van der Waals surface area contributed by atoms with Gasteiger partial charge in [0.25, 0.3) is 0 Å². The Morgan fingerprint density at radius 1 is 1.39 bits per heavy atom. The van der Waals surface area contributed by atoms with Gasteiger partial charge in [0.15, 0.2) is 0 Å². The Bertz CT molecular complexity index is 384. The van der Waals surface area contributed by atoms with Gasteiger partial charge in [0.2, 0.25) is 0 Å². The molecular weight excluding hydrogens is 266 g/mol. The number of methoxy groups -OCH3 is 1. The van der Waals surface area contributed by atoms with Crippen LogP contribution in [-0.2, 0) is 9.53 Å². The van der Waals surface area contributed by atoms with Gasteiger partial charge in [0, 0.05) is 6.42 Å². The first kappa shape index (κ1) is 14.7. The van der Waals surface area contributed by atoms with Crippen molar-refractivity contribution in [2.45, 2.75) is 17.7 Å².